The van der Waals surface area contributed by atoms with Crippen molar-refractivity contribution in [1.82, 2.24) is 9.80 Å². The molecule has 0 saturated carbocycles. The first-order valence-electron chi connectivity index (χ1n) is 18.3. The summed E-state index contributed by atoms with van der Waals surface area (Å²) in [6.45, 7) is 9.55. The van der Waals surface area contributed by atoms with E-state index in [1.54, 1.807) is 11.8 Å². The third-order valence-corrected chi connectivity index (χ3v) is 10.2. The number of aryl methyl sites for hydroxylation is 1. The maximum atomic E-state index is 13.8. The quantitative estimate of drug-likeness (QED) is 0.0896. The minimum Gasteiger partial charge on any atom is -0.425 e. The van der Waals surface area contributed by atoms with Gasteiger partial charge in [0.1, 0.15) is 10.8 Å². The Morgan fingerprint density at radius 1 is 0.830 bits per heavy atom. The Morgan fingerprint density at radius 2 is 1.40 bits per heavy atom. The lowest BCUT2D eigenvalue weighted by molar-refractivity contribution is -0.164. The molecule has 2 aliphatic rings. The van der Waals surface area contributed by atoms with Crippen LogP contribution in [0.4, 0.5) is 21.2 Å². The number of hydrogen-bond acceptors (Lipinski definition) is 8. The molecule has 2 aliphatic heterocycles. The highest BCUT2D eigenvalue weighted by Gasteiger charge is 2.34. The Kier molecular flexibility index (Phi) is 15.6. The number of hydrogen-bond donors (Lipinski definition) is 0. The molecule has 8 nitrogen and oxygen atoms in total. The first-order chi connectivity index (χ1) is 22.9. The molecule has 1 saturated heterocycles. The van der Waals surface area contributed by atoms with Crippen LogP contribution in [-0.2, 0) is 14.3 Å². The van der Waals surface area contributed by atoms with Crippen molar-refractivity contribution in [2.75, 3.05) is 38.1 Å². The molecule has 1 fully saturated rings. The summed E-state index contributed by atoms with van der Waals surface area (Å²) in [4.78, 5) is 38.7. The van der Waals surface area contributed by atoms with Gasteiger partial charge < -0.3 is 19.3 Å². The van der Waals surface area contributed by atoms with Gasteiger partial charge in [0.25, 0.3) is 0 Å². The summed E-state index contributed by atoms with van der Waals surface area (Å²) in [5.41, 5.74) is 2.28. The van der Waals surface area contributed by atoms with Crippen molar-refractivity contribution < 1.29 is 19.1 Å². The highest BCUT2D eigenvalue weighted by Crippen LogP contribution is 2.44. The van der Waals surface area contributed by atoms with Gasteiger partial charge in [-0.15, -0.1) is 11.3 Å². The first-order valence-corrected chi connectivity index (χ1v) is 19.1. The smallest absolute Gasteiger partial charge is 0.422 e. The van der Waals surface area contributed by atoms with E-state index in [1.165, 1.54) is 88.4 Å². The molecule has 1 atom stereocenters. The standard InChI is InChI=1S/C38H58N4O4S/c1-5-6-7-8-9-10-11-12-13-14-15-16-17-18-19-24-35(43)45-31(3)46-38(44)42-34-23-21-20-22-33(34)39-36(32-29-30(2)47-37(32)42)41-27-25-40(4)26-28-41/h20-23,29,31H,5-19,24-28H2,1-4H3. The second kappa shape index (κ2) is 19.8. The maximum Gasteiger partial charge on any atom is 0.422 e. The van der Waals surface area contributed by atoms with Crippen LogP contribution in [0.5, 0.6) is 0 Å². The van der Waals surface area contributed by atoms with Gasteiger partial charge in [0.2, 0.25) is 6.29 Å². The minimum atomic E-state index is -0.996. The fourth-order valence-electron chi connectivity index (χ4n) is 6.40. The van der Waals surface area contributed by atoms with Crippen molar-refractivity contribution in [2.24, 2.45) is 4.99 Å². The average Bonchev–Trinajstić information content (AvgIpc) is 3.37. The number of aliphatic imine (C=N–C) groups is 1. The average molecular weight is 667 g/mol. The Morgan fingerprint density at radius 3 is 2.02 bits per heavy atom. The lowest BCUT2D eigenvalue weighted by Gasteiger charge is -2.34. The number of rotatable bonds is 18. The van der Waals surface area contributed by atoms with Gasteiger partial charge in [0.15, 0.2) is 0 Å². The van der Waals surface area contributed by atoms with Gasteiger partial charge in [-0.3, -0.25) is 4.79 Å². The number of ether oxygens (including phenoxy) is 2. The van der Waals surface area contributed by atoms with Crippen LogP contribution in [-0.4, -0.2) is 67.2 Å². The number of benzene rings is 1. The molecule has 1 unspecified atom stereocenters. The Hall–Kier alpha value is -2.91. The zero-order valence-corrected chi connectivity index (χ0v) is 30.3. The molecule has 1 aromatic heterocycles. The lowest BCUT2D eigenvalue weighted by atomic mass is 10.0. The predicted molar refractivity (Wildman–Crippen MR) is 194 cm³/mol. The van der Waals surface area contributed by atoms with Gasteiger partial charge in [-0.05, 0) is 38.6 Å². The zero-order chi connectivity index (χ0) is 33.4. The van der Waals surface area contributed by atoms with Gasteiger partial charge in [0, 0.05) is 44.4 Å². The summed E-state index contributed by atoms with van der Waals surface area (Å²) in [5.74, 6) is 0.549. The number of para-hydroxylation sites is 2. The largest absolute Gasteiger partial charge is 0.425 e. The van der Waals surface area contributed by atoms with Crippen LogP contribution in [0.15, 0.2) is 35.3 Å². The van der Waals surface area contributed by atoms with Crippen LogP contribution in [0, 0.1) is 6.92 Å². The molecular weight excluding hydrogens is 609 g/mol. The van der Waals surface area contributed by atoms with Gasteiger partial charge >= 0.3 is 12.1 Å². The summed E-state index contributed by atoms with van der Waals surface area (Å²) in [7, 11) is 2.13. The SMILES string of the molecule is CCCCCCCCCCCCCCCCCC(=O)OC(C)OC(=O)N1c2ccccc2N=C(N2CCN(C)CC2)c2cc(C)sc21. The third kappa shape index (κ3) is 11.6. The molecule has 47 heavy (non-hydrogen) atoms. The number of thiophene rings is 1. The maximum absolute atomic E-state index is 13.8. The molecule has 0 spiro atoms. The van der Waals surface area contributed by atoms with Crippen LogP contribution in [0.25, 0.3) is 0 Å². The lowest BCUT2D eigenvalue weighted by Crippen LogP contribution is -2.47. The van der Waals surface area contributed by atoms with Crippen molar-refractivity contribution in [3.05, 3.63) is 40.8 Å². The van der Waals surface area contributed by atoms with E-state index in [4.69, 9.17) is 14.5 Å². The van der Waals surface area contributed by atoms with Gasteiger partial charge in [-0.1, -0.05) is 109 Å². The Balaban J connectivity index is 1.19. The van der Waals surface area contributed by atoms with E-state index >= 15 is 0 Å². The summed E-state index contributed by atoms with van der Waals surface area (Å²) in [6.07, 6.45) is 17.9. The zero-order valence-electron chi connectivity index (χ0n) is 29.4. The minimum absolute atomic E-state index is 0.329. The second-order valence-corrected chi connectivity index (χ2v) is 14.5. The fraction of sp³-hybridized carbons (Fsp3) is 0.658. The van der Waals surface area contributed by atoms with E-state index in [-0.39, 0.29) is 5.97 Å². The van der Waals surface area contributed by atoms with Crippen LogP contribution < -0.4 is 4.90 Å². The predicted octanol–water partition coefficient (Wildman–Crippen LogP) is 10.1. The fourth-order valence-corrected chi connectivity index (χ4v) is 7.41. The molecule has 0 radical (unpaired) electrons. The van der Waals surface area contributed by atoms with Crippen molar-refractivity contribution in [1.29, 1.82) is 0 Å². The van der Waals surface area contributed by atoms with Crippen LogP contribution >= 0.6 is 11.3 Å². The van der Waals surface area contributed by atoms with E-state index in [0.717, 1.165) is 66.7 Å². The first kappa shape index (κ1) is 36.9. The monoisotopic (exact) mass is 666 g/mol. The molecule has 0 N–H and O–H groups in total. The molecule has 1 aromatic carbocycles. The van der Waals surface area contributed by atoms with Gasteiger partial charge in [-0.25, -0.2) is 14.7 Å². The summed E-state index contributed by atoms with van der Waals surface area (Å²) < 4.78 is 11.3. The number of anilines is 2. The van der Waals surface area contributed by atoms with E-state index in [0.29, 0.717) is 17.8 Å². The second-order valence-electron chi connectivity index (χ2n) is 13.3. The highest BCUT2D eigenvalue weighted by molar-refractivity contribution is 7.16. The highest BCUT2D eigenvalue weighted by atomic mass is 32.1. The molecule has 1 amide bonds. The summed E-state index contributed by atoms with van der Waals surface area (Å²) >= 11 is 1.54. The number of esters is 1. The number of fused-ring (bicyclic) bond motifs is 2. The summed E-state index contributed by atoms with van der Waals surface area (Å²) in [6, 6.07) is 9.75. The van der Waals surface area contributed by atoms with Crippen molar-refractivity contribution >= 4 is 45.6 Å². The molecule has 0 bridgehead atoms. The number of nitrogens with zero attached hydrogens (tertiary/aromatic N) is 4. The molecule has 3 heterocycles. The molecule has 0 aliphatic carbocycles. The Labute approximate surface area is 287 Å². The number of amides is 1. The number of likely N-dealkylation sites (N-methyl/N-ethyl adjacent to an activating group) is 1. The van der Waals surface area contributed by atoms with E-state index in [1.807, 2.05) is 31.2 Å². The van der Waals surface area contributed by atoms with E-state index in [2.05, 4.69) is 29.8 Å². The number of piperazine rings is 1. The molecule has 2 aromatic rings. The number of carbonyl (C=O) groups is 2. The molecule has 9 heteroatoms. The van der Waals surface area contributed by atoms with Crippen LogP contribution in [0.3, 0.4) is 0 Å². The van der Waals surface area contributed by atoms with Crippen LogP contribution in [0.1, 0.15) is 127 Å². The normalized spacial score (nSPS) is 15.4. The van der Waals surface area contributed by atoms with Gasteiger partial charge in [0.05, 0.1) is 16.9 Å². The van der Waals surface area contributed by atoms with E-state index in [9.17, 15) is 9.59 Å². The number of carbonyl (C=O) groups excluding carboxylic acids is 2. The molecule has 4 rings (SSSR count). The summed E-state index contributed by atoms with van der Waals surface area (Å²) in [5, 5.41) is 0.770. The molecule has 260 valence electrons. The van der Waals surface area contributed by atoms with Gasteiger partial charge in [-0.2, -0.15) is 0 Å². The van der Waals surface area contributed by atoms with Crippen molar-refractivity contribution in [2.45, 2.75) is 130 Å². The van der Waals surface area contributed by atoms with Crippen molar-refractivity contribution in [3.63, 3.8) is 0 Å². The number of amidine groups is 1. The van der Waals surface area contributed by atoms with Crippen LogP contribution in [0.2, 0.25) is 0 Å². The topological polar surface area (TPSA) is 74.7 Å². The Bertz CT molecular complexity index is 1290. The van der Waals surface area contributed by atoms with E-state index < -0.39 is 12.4 Å². The third-order valence-electron chi connectivity index (χ3n) is 9.16. The molecular formula is C38H58N4O4S. The number of unbranched alkanes of at least 4 members (excludes halogenated alkanes) is 14. The van der Waals surface area contributed by atoms with Crippen molar-refractivity contribution in [3.8, 4) is 0 Å².